The third kappa shape index (κ3) is 5.04. The molecule has 0 bridgehead atoms. The highest BCUT2D eigenvalue weighted by molar-refractivity contribution is 6.09. The standard InChI is InChI=1S/C19H22N2O4/c1-13(2)12-21(10-8-17(22)23)19(25)15-5-3-14(4-6-15)18(24)16-7-9-20-11-16/h3-7,9,11,13,20H,8,10,12H2,1-2H3,(H,22,23). The van der Waals surface area contributed by atoms with Crippen LogP contribution in [-0.2, 0) is 4.79 Å². The summed E-state index contributed by atoms with van der Waals surface area (Å²) in [4.78, 5) is 40.1. The second-order valence-corrected chi connectivity index (χ2v) is 6.29. The first-order valence-corrected chi connectivity index (χ1v) is 8.17. The van der Waals surface area contributed by atoms with Crippen molar-refractivity contribution in [3.8, 4) is 0 Å². The first-order valence-electron chi connectivity index (χ1n) is 8.17. The number of H-pyrrole nitrogens is 1. The lowest BCUT2D eigenvalue weighted by molar-refractivity contribution is -0.137. The second kappa shape index (κ2) is 8.28. The minimum Gasteiger partial charge on any atom is -0.481 e. The van der Waals surface area contributed by atoms with Gasteiger partial charge in [0.1, 0.15) is 0 Å². The van der Waals surface area contributed by atoms with Gasteiger partial charge in [-0.3, -0.25) is 14.4 Å². The summed E-state index contributed by atoms with van der Waals surface area (Å²) < 4.78 is 0. The zero-order valence-electron chi connectivity index (χ0n) is 14.4. The Morgan fingerprint density at radius 1 is 1.04 bits per heavy atom. The first-order chi connectivity index (χ1) is 11.9. The van der Waals surface area contributed by atoms with Crippen molar-refractivity contribution >= 4 is 17.7 Å². The number of benzene rings is 1. The first kappa shape index (κ1) is 18.4. The van der Waals surface area contributed by atoms with Crippen molar-refractivity contribution in [2.45, 2.75) is 20.3 Å². The number of nitrogens with one attached hydrogen (secondary N) is 1. The smallest absolute Gasteiger partial charge is 0.305 e. The number of hydrogen-bond acceptors (Lipinski definition) is 3. The van der Waals surface area contributed by atoms with Crippen LogP contribution >= 0.6 is 0 Å². The summed E-state index contributed by atoms with van der Waals surface area (Å²) in [6, 6.07) is 8.14. The molecule has 0 spiro atoms. The highest BCUT2D eigenvalue weighted by Crippen LogP contribution is 2.13. The van der Waals surface area contributed by atoms with Gasteiger partial charge in [0.2, 0.25) is 0 Å². The molecule has 0 radical (unpaired) electrons. The summed E-state index contributed by atoms with van der Waals surface area (Å²) in [5.74, 6) is -1.05. The molecule has 1 aromatic carbocycles. The maximum atomic E-state index is 12.6. The fourth-order valence-corrected chi connectivity index (χ4v) is 2.53. The SMILES string of the molecule is CC(C)CN(CCC(=O)O)C(=O)c1ccc(C(=O)c2cc[nH]c2)cc1. The molecule has 0 unspecified atom stereocenters. The van der Waals surface area contributed by atoms with Crippen molar-refractivity contribution in [3.63, 3.8) is 0 Å². The number of carbonyl (C=O) groups excluding carboxylic acids is 2. The summed E-state index contributed by atoms with van der Waals surface area (Å²) in [5.41, 5.74) is 1.50. The number of aromatic amines is 1. The number of aromatic nitrogens is 1. The van der Waals surface area contributed by atoms with E-state index in [4.69, 9.17) is 5.11 Å². The number of hydrogen-bond donors (Lipinski definition) is 2. The van der Waals surface area contributed by atoms with Crippen molar-refractivity contribution in [2.24, 2.45) is 5.92 Å². The number of carboxylic acid groups (broad SMARTS) is 1. The largest absolute Gasteiger partial charge is 0.481 e. The molecule has 2 aromatic rings. The molecule has 2 rings (SSSR count). The maximum absolute atomic E-state index is 12.6. The van der Waals surface area contributed by atoms with E-state index < -0.39 is 5.97 Å². The van der Waals surface area contributed by atoms with Gasteiger partial charge in [0.05, 0.1) is 6.42 Å². The topological polar surface area (TPSA) is 90.5 Å². The molecule has 0 aliphatic heterocycles. The Kier molecular flexibility index (Phi) is 6.11. The van der Waals surface area contributed by atoms with Gasteiger partial charge in [-0.25, -0.2) is 0 Å². The van der Waals surface area contributed by atoms with Crippen LogP contribution in [0, 0.1) is 5.92 Å². The molecular weight excluding hydrogens is 320 g/mol. The Labute approximate surface area is 146 Å². The number of nitrogens with zero attached hydrogens (tertiary/aromatic N) is 1. The van der Waals surface area contributed by atoms with Crippen LogP contribution in [0.2, 0.25) is 0 Å². The zero-order chi connectivity index (χ0) is 18.4. The van der Waals surface area contributed by atoms with Gasteiger partial charge in [0, 0.05) is 42.2 Å². The molecular formula is C19H22N2O4. The number of aliphatic carboxylic acids is 1. The van der Waals surface area contributed by atoms with Crippen LogP contribution in [0.1, 0.15) is 46.5 Å². The van der Waals surface area contributed by atoms with E-state index in [1.165, 1.54) is 0 Å². The molecule has 1 amide bonds. The summed E-state index contributed by atoms with van der Waals surface area (Å²) in [6.45, 7) is 4.59. The van der Waals surface area contributed by atoms with Crippen LogP contribution in [0.4, 0.5) is 0 Å². The Morgan fingerprint density at radius 3 is 2.20 bits per heavy atom. The molecule has 0 aliphatic carbocycles. The summed E-state index contributed by atoms with van der Waals surface area (Å²) >= 11 is 0. The molecule has 0 saturated carbocycles. The van der Waals surface area contributed by atoms with Crippen molar-refractivity contribution in [1.29, 1.82) is 0 Å². The van der Waals surface area contributed by atoms with Gasteiger partial charge in [0.25, 0.3) is 5.91 Å². The lowest BCUT2D eigenvalue weighted by Crippen LogP contribution is -2.36. The molecule has 6 nitrogen and oxygen atoms in total. The van der Waals surface area contributed by atoms with Gasteiger partial charge >= 0.3 is 5.97 Å². The van der Waals surface area contributed by atoms with E-state index >= 15 is 0 Å². The van der Waals surface area contributed by atoms with E-state index in [9.17, 15) is 14.4 Å². The van der Waals surface area contributed by atoms with Gasteiger partial charge < -0.3 is 15.0 Å². The predicted molar refractivity (Wildman–Crippen MR) is 93.7 cm³/mol. The van der Waals surface area contributed by atoms with Crippen molar-refractivity contribution in [3.05, 3.63) is 59.4 Å². The number of carbonyl (C=O) groups is 3. The van der Waals surface area contributed by atoms with Gasteiger partial charge in [0.15, 0.2) is 5.78 Å². The molecule has 132 valence electrons. The van der Waals surface area contributed by atoms with Crippen LogP contribution in [0.3, 0.4) is 0 Å². The van der Waals surface area contributed by atoms with Crippen molar-refractivity contribution in [2.75, 3.05) is 13.1 Å². The van der Waals surface area contributed by atoms with E-state index in [0.717, 1.165) is 0 Å². The van der Waals surface area contributed by atoms with Crippen LogP contribution < -0.4 is 0 Å². The van der Waals surface area contributed by atoms with E-state index in [2.05, 4.69) is 4.98 Å². The van der Waals surface area contributed by atoms with Crippen molar-refractivity contribution in [1.82, 2.24) is 9.88 Å². The quantitative estimate of drug-likeness (QED) is 0.722. The monoisotopic (exact) mass is 342 g/mol. The number of ketones is 1. The van der Waals surface area contributed by atoms with Crippen LogP contribution in [0.15, 0.2) is 42.7 Å². The van der Waals surface area contributed by atoms with Gasteiger partial charge in [-0.2, -0.15) is 0 Å². The molecule has 0 aliphatic rings. The summed E-state index contributed by atoms with van der Waals surface area (Å²) in [6.07, 6.45) is 3.21. The molecule has 0 fully saturated rings. The lowest BCUT2D eigenvalue weighted by Gasteiger charge is -2.24. The average molecular weight is 342 g/mol. The number of amides is 1. The van der Waals surface area contributed by atoms with E-state index in [1.54, 1.807) is 47.6 Å². The predicted octanol–water partition coefficient (Wildman–Crippen LogP) is 2.82. The molecule has 1 aromatic heterocycles. The minimum atomic E-state index is -0.936. The van der Waals surface area contributed by atoms with Crippen LogP contribution in [0.25, 0.3) is 0 Å². The highest BCUT2D eigenvalue weighted by Gasteiger charge is 2.18. The van der Waals surface area contributed by atoms with Gasteiger partial charge in [-0.05, 0) is 24.1 Å². The third-order valence-electron chi connectivity index (χ3n) is 3.72. The molecule has 0 saturated heterocycles. The van der Waals surface area contributed by atoms with E-state index in [-0.39, 0.29) is 30.6 Å². The Morgan fingerprint density at radius 2 is 1.68 bits per heavy atom. The summed E-state index contributed by atoms with van der Waals surface area (Å²) in [5, 5.41) is 8.86. The fourth-order valence-electron chi connectivity index (χ4n) is 2.53. The van der Waals surface area contributed by atoms with Crippen molar-refractivity contribution < 1.29 is 19.5 Å². The molecule has 6 heteroatoms. The number of rotatable bonds is 8. The van der Waals surface area contributed by atoms with E-state index in [0.29, 0.717) is 23.2 Å². The second-order valence-electron chi connectivity index (χ2n) is 6.29. The Bertz CT molecular complexity index is 733. The van der Waals surface area contributed by atoms with Gasteiger partial charge in [-0.15, -0.1) is 0 Å². The normalized spacial score (nSPS) is 10.7. The highest BCUT2D eigenvalue weighted by atomic mass is 16.4. The fraction of sp³-hybridized carbons (Fsp3) is 0.316. The van der Waals surface area contributed by atoms with Crippen LogP contribution in [0.5, 0.6) is 0 Å². The molecule has 2 N–H and O–H groups in total. The number of carboxylic acids is 1. The lowest BCUT2D eigenvalue weighted by atomic mass is 10.0. The Hall–Kier alpha value is -2.89. The molecule has 0 atom stereocenters. The third-order valence-corrected chi connectivity index (χ3v) is 3.72. The molecule has 1 heterocycles. The van der Waals surface area contributed by atoms with Gasteiger partial charge in [-0.1, -0.05) is 26.0 Å². The minimum absolute atomic E-state index is 0.0947. The maximum Gasteiger partial charge on any atom is 0.305 e. The zero-order valence-corrected chi connectivity index (χ0v) is 14.4. The van der Waals surface area contributed by atoms with Crippen LogP contribution in [-0.4, -0.2) is 45.7 Å². The molecule has 25 heavy (non-hydrogen) atoms. The Balaban J connectivity index is 2.13. The summed E-state index contributed by atoms with van der Waals surface area (Å²) in [7, 11) is 0. The average Bonchev–Trinajstić information content (AvgIpc) is 3.11. The van der Waals surface area contributed by atoms with E-state index in [1.807, 2.05) is 13.8 Å².